The number of likely N-dealkylation sites (N-methyl/N-ethyl adjacent to an activating group) is 1. The van der Waals surface area contributed by atoms with Gasteiger partial charge in [-0.15, -0.1) is 0 Å². The lowest BCUT2D eigenvalue weighted by Crippen LogP contribution is -2.29. The summed E-state index contributed by atoms with van der Waals surface area (Å²) in [5, 5.41) is 8.75. The van der Waals surface area contributed by atoms with Crippen molar-refractivity contribution in [3.8, 4) is 0 Å². The van der Waals surface area contributed by atoms with Gasteiger partial charge in [-0.2, -0.15) is 4.31 Å². The zero-order valence-corrected chi connectivity index (χ0v) is 12.0. The highest BCUT2D eigenvalue weighted by atomic mass is 32.2. The van der Waals surface area contributed by atoms with Crippen molar-refractivity contribution in [1.29, 1.82) is 0 Å². The molecule has 0 saturated carbocycles. The third-order valence-corrected chi connectivity index (χ3v) is 5.08. The maximum atomic E-state index is 12.4. The van der Waals surface area contributed by atoms with Gasteiger partial charge >= 0.3 is 5.97 Å². The molecule has 1 aliphatic heterocycles. The predicted octanol–water partition coefficient (Wildman–Crippen LogP) is 0.387. The molecule has 1 saturated heterocycles. The fraction of sp³-hybridized carbons (Fsp3) is 0.500. The molecule has 7 nitrogen and oxygen atoms in total. The van der Waals surface area contributed by atoms with E-state index in [0.29, 0.717) is 18.9 Å². The second kappa shape index (κ2) is 5.76. The molecule has 1 fully saturated rings. The number of nitrogens with zero attached hydrogens (tertiary/aromatic N) is 3. The first-order valence-corrected chi connectivity index (χ1v) is 7.74. The highest BCUT2D eigenvalue weighted by molar-refractivity contribution is 7.89. The molecule has 2 rings (SSSR count). The number of hydrogen-bond acceptors (Lipinski definition) is 5. The van der Waals surface area contributed by atoms with Crippen molar-refractivity contribution in [2.75, 3.05) is 31.6 Å². The largest absolute Gasteiger partial charge is 0.480 e. The molecule has 0 bridgehead atoms. The summed E-state index contributed by atoms with van der Waals surface area (Å²) in [7, 11) is -1.95. The summed E-state index contributed by atoms with van der Waals surface area (Å²) in [4.78, 5) is 16.2. The van der Waals surface area contributed by atoms with Crippen LogP contribution in [0.1, 0.15) is 12.8 Å². The summed E-state index contributed by atoms with van der Waals surface area (Å²) in [6.45, 7) is 0.829. The second-order valence-corrected chi connectivity index (χ2v) is 6.65. The molecule has 1 aromatic heterocycles. The van der Waals surface area contributed by atoms with Gasteiger partial charge in [-0.3, -0.25) is 4.79 Å². The zero-order chi connectivity index (χ0) is 14.8. The Hall–Kier alpha value is -1.67. The minimum Gasteiger partial charge on any atom is -0.480 e. The van der Waals surface area contributed by atoms with Gasteiger partial charge in [-0.25, -0.2) is 13.4 Å². The van der Waals surface area contributed by atoms with Crippen molar-refractivity contribution in [1.82, 2.24) is 9.29 Å². The van der Waals surface area contributed by atoms with Crippen molar-refractivity contribution >= 4 is 21.8 Å². The van der Waals surface area contributed by atoms with Gasteiger partial charge in [-0.05, 0) is 18.9 Å². The van der Waals surface area contributed by atoms with Crippen molar-refractivity contribution in [3.05, 3.63) is 18.3 Å². The molecule has 0 amide bonds. The lowest BCUT2D eigenvalue weighted by Gasteiger charge is -2.18. The molecular weight excluding hydrogens is 282 g/mol. The molecule has 0 aromatic carbocycles. The molecule has 2 heterocycles. The Morgan fingerprint density at radius 1 is 1.45 bits per heavy atom. The van der Waals surface area contributed by atoms with Crippen molar-refractivity contribution in [2.45, 2.75) is 17.7 Å². The molecule has 110 valence electrons. The first-order valence-electron chi connectivity index (χ1n) is 6.30. The number of carbonyl (C=O) groups is 1. The molecule has 0 atom stereocenters. The maximum absolute atomic E-state index is 12.4. The fourth-order valence-corrected chi connectivity index (χ4v) is 3.65. The molecule has 8 heteroatoms. The van der Waals surface area contributed by atoms with Crippen LogP contribution in [-0.4, -0.2) is 55.5 Å². The van der Waals surface area contributed by atoms with Crippen LogP contribution in [0.5, 0.6) is 0 Å². The van der Waals surface area contributed by atoms with E-state index in [1.807, 2.05) is 0 Å². The number of hydrogen-bond donors (Lipinski definition) is 1. The Labute approximate surface area is 117 Å². The maximum Gasteiger partial charge on any atom is 0.323 e. The van der Waals surface area contributed by atoms with E-state index in [0.717, 1.165) is 12.8 Å². The Kier molecular flexibility index (Phi) is 4.24. The van der Waals surface area contributed by atoms with Gasteiger partial charge in [-0.1, -0.05) is 0 Å². The SMILES string of the molecule is CN(CC(=O)O)c1cc(S(=O)(=O)N2CCCC2)ccn1. The van der Waals surface area contributed by atoms with Gasteiger partial charge < -0.3 is 10.0 Å². The van der Waals surface area contributed by atoms with E-state index in [-0.39, 0.29) is 11.4 Å². The Balaban J connectivity index is 2.27. The number of aliphatic carboxylic acids is 1. The summed E-state index contributed by atoms with van der Waals surface area (Å²) in [6, 6.07) is 2.85. The van der Waals surface area contributed by atoms with Crippen molar-refractivity contribution in [3.63, 3.8) is 0 Å². The highest BCUT2D eigenvalue weighted by Gasteiger charge is 2.27. The lowest BCUT2D eigenvalue weighted by atomic mass is 10.4. The lowest BCUT2D eigenvalue weighted by molar-refractivity contribution is -0.135. The minimum absolute atomic E-state index is 0.154. The number of carboxylic acids is 1. The fourth-order valence-electron chi connectivity index (χ4n) is 2.13. The van der Waals surface area contributed by atoms with Gasteiger partial charge in [0.05, 0.1) is 4.90 Å². The van der Waals surface area contributed by atoms with Crippen molar-refractivity contribution in [2.24, 2.45) is 0 Å². The summed E-state index contributed by atoms with van der Waals surface area (Å²) in [5.41, 5.74) is 0. The van der Waals surface area contributed by atoms with Crippen LogP contribution in [0.3, 0.4) is 0 Å². The summed E-state index contributed by atoms with van der Waals surface area (Å²) in [6.07, 6.45) is 3.13. The Morgan fingerprint density at radius 2 is 2.10 bits per heavy atom. The van der Waals surface area contributed by atoms with Crippen LogP contribution in [0, 0.1) is 0 Å². The second-order valence-electron chi connectivity index (χ2n) is 4.71. The van der Waals surface area contributed by atoms with E-state index in [1.54, 1.807) is 7.05 Å². The summed E-state index contributed by atoms with van der Waals surface area (Å²) >= 11 is 0. The number of anilines is 1. The van der Waals surface area contributed by atoms with Gasteiger partial charge in [0, 0.05) is 32.4 Å². The molecule has 0 radical (unpaired) electrons. The molecule has 1 aliphatic rings. The smallest absolute Gasteiger partial charge is 0.323 e. The van der Waals surface area contributed by atoms with E-state index >= 15 is 0 Å². The monoisotopic (exact) mass is 299 g/mol. The van der Waals surface area contributed by atoms with Crippen LogP contribution in [0.4, 0.5) is 5.82 Å². The van der Waals surface area contributed by atoms with Crippen LogP contribution in [0.2, 0.25) is 0 Å². The first kappa shape index (κ1) is 14.7. The van der Waals surface area contributed by atoms with Crippen LogP contribution < -0.4 is 4.90 Å². The molecule has 20 heavy (non-hydrogen) atoms. The first-order chi connectivity index (χ1) is 9.41. The van der Waals surface area contributed by atoms with E-state index in [9.17, 15) is 13.2 Å². The number of pyridine rings is 1. The van der Waals surface area contributed by atoms with Crippen LogP contribution in [0.15, 0.2) is 23.2 Å². The standard InChI is InChI=1S/C12H17N3O4S/c1-14(9-12(16)17)11-8-10(4-5-13-11)20(18,19)15-6-2-3-7-15/h4-5,8H,2-3,6-7,9H2,1H3,(H,16,17). The minimum atomic E-state index is -3.50. The number of carboxylic acid groups (broad SMARTS) is 1. The Morgan fingerprint density at radius 3 is 2.70 bits per heavy atom. The predicted molar refractivity (Wildman–Crippen MR) is 73.1 cm³/mol. The van der Waals surface area contributed by atoms with Gasteiger partial charge in [0.1, 0.15) is 12.4 Å². The third kappa shape index (κ3) is 3.07. The average Bonchev–Trinajstić information content (AvgIpc) is 2.92. The molecular formula is C12H17N3O4S. The van der Waals surface area contributed by atoms with Gasteiger partial charge in [0.2, 0.25) is 10.0 Å². The molecule has 1 aromatic rings. The summed E-state index contributed by atoms with van der Waals surface area (Å²) in [5.74, 6) is -0.672. The molecule has 0 spiro atoms. The van der Waals surface area contributed by atoms with Crippen LogP contribution in [0.25, 0.3) is 0 Å². The third-order valence-electron chi connectivity index (χ3n) is 3.18. The number of aromatic nitrogens is 1. The average molecular weight is 299 g/mol. The summed E-state index contributed by atoms with van der Waals surface area (Å²) < 4.78 is 26.2. The topological polar surface area (TPSA) is 90.8 Å². The van der Waals surface area contributed by atoms with Gasteiger partial charge in [0.25, 0.3) is 0 Å². The van der Waals surface area contributed by atoms with E-state index < -0.39 is 16.0 Å². The molecule has 1 N–H and O–H groups in total. The highest BCUT2D eigenvalue weighted by Crippen LogP contribution is 2.22. The quantitative estimate of drug-likeness (QED) is 0.845. The van der Waals surface area contributed by atoms with E-state index in [1.165, 1.54) is 27.5 Å². The van der Waals surface area contributed by atoms with Crippen LogP contribution in [-0.2, 0) is 14.8 Å². The zero-order valence-electron chi connectivity index (χ0n) is 11.2. The number of rotatable bonds is 5. The molecule has 0 unspecified atom stereocenters. The van der Waals surface area contributed by atoms with E-state index in [4.69, 9.17) is 5.11 Å². The van der Waals surface area contributed by atoms with Crippen molar-refractivity contribution < 1.29 is 18.3 Å². The van der Waals surface area contributed by atoms with Gasteiger partial charge in [0.15, 0.2) is 0 Å². The Bertz CT molecular complexity index is 596. The van der Waals surface area contributed by atoms with Crippen LogP contribution >= 0.6 is 0 Å². The normalized spacial score (nSPS) is 16.2. The number of sulfonamides is 1. The molecule has 0 aliphatic carbocycles. The van der Waals surface area contributed by atoms with E-state index in [2.05, 4.69) is 4.98 Å².